The second-order valence-electron chi connectivity index (χ2n) is 3.06. The summed E-state index contributed by atoms with van der Waals surface area (Å²) in [4.78, 5) is 10.6. The first-order valence-corrected chi connectivity index (χ1v) is 4.72. The van der Waals surface area contributed by atoms with E-state index in [1.54, 1.807) is 6.07 Å². The fourth-order valence-electron chi connectivity index (χ4n) is 1.18. The number of rotatable bonds is 3. The van der Waals surface area contributed by atoms with Crippen LogP contribution in [0.4, 0.5) is 0 Å². The van der Waals surface area contributed by atoms with Gasteiger partial charge in [0, 0.05) is 11.1 Å². The highest BCUT2D eigenvalue weighted by atomic mass is 35.5. The Labute approximate surface area is 87.5 Å². The summed E-state index contributed by atoms with van der Waals surface area (Å²) in [7, 11) is 0. The summed E-state index contributed by atoms with van der Waals surface area (Å²) in [6.45, 7) is 1.95. The van der Waals surface area contributed by atoms with Gasteiger partial charge in [-0.15, -0.1) is 0 Å². The minimum atomic E-state index is -0.983. The maximum absolute atomic E-state index is 10.6. The molecule has 3 N–H and O–H groups in total. The summed E-state index contributed by atoms with van der Waals surface area (Å²) in [5.74, 6) is -0.983. The monoisotopic (exact) mass is 213 g/mol. The largest absolute Gasteiger partial charge is 0.478 e. The van der Waals surface area contributed by atoms with E-state index in [9.17, 15) is 4.79 Å². The lowest BCUT2D eigenvalue weighted by molar-refractivity contribution is 0.0697. The van der Waals surface area contributed by atoms with E-state index in [1.807, 2.05) is 6.92 Å². The molecule has 1 atom stereocenters. The van der Waals surface area contributed by atoms with Gasteiger partial charge >= 0.3 is 5.97 Å². The number of carbonyl (C=O) groups is 1. The number of carboxylic acid groups (broad SMARTS) is 1. The van der Waals surface area contributed by atoms with Crippen LogP contribution in [0.25, 0.3) is 0 Å². The summed E-state index contributed by atoms with van der Waals surface area (Å²) in [6, 6.07) is 4.47. The number of benzene rings is 1. The van der Waals surface area contributed by atoms with Crippen molar-refractivity contribution in [3.63, 3.8) is 0 Å². The summed E-state index contributed by atoms with van der Waals surface area (Å²) in [5, 5.41) is 9.12. The van der Waals surface area contributed by atoms with Crippen molar-refractivity contribution < 1.29 is 9.90 Å². The molecule has 0 radical (unpaired) electrons. The number of nitrogens with two attached hydrogens (primary N) is 1. The first kappa shape index (κ1) is 11.0. The smallest absolute Gasteiger partial charge is 0.335 e. The number of aromatic carboxylic acids is 1. The molecule has 76 valence electrons. The first-order valence-electron chi connectivity index (χ1n) is 4.34. The van der Waals surface area contributed by atoms with Gasteiger partial charge in [0.05, 0.1) is 5.56 Å². The van der Waals surface area contributed by atoms with Gasteiger partial charge in [-0.05, 0) is 24.1 Å². The third-order valence-corrected chi connectivity index (χ3v) is 2.41. The molecule has 3 nitrogen and oxygen atoms in total. The average molecular weight is 214 g/mol. The molecular weight excluding hydrogens is 202 g/mol. The number of hydrogen-bond acceptors (Lipinski definition) is 2. The molecular formula is C10H12ClNO2. The maximum Gasteiger partial charge on any atom is 0.335 e. The zero-order valence-corrected chi connectivity index (χ0v) is 8.58. The minimum Gasteiger partial charge on any atom is -0.478 e. The molecule has 0 spiro atoms. The van der Waals surface area contributed by atoms with Gasteiger partial charge < -0.3 is 10.8 Å². The molecule has 1 aromatic carbocycles. The van der Waals surface area contributed by atoms with Crippen molar-refractivity contribution in [2.45, 2.75) is 19.4 Å². The quantitative estimate of drug-likeness (QED) is 0.811. The van der Waals surface area contributed by atoms with Crippen LogP contribution in [0.5, 0.6) is 0 Å². The molecule has 0 amide bonds. The molecule has 0 unspecified atom stereocenters. The van der Waals surface area contributed by atoms with Crippen LogP contribution < -0.4 is 5.73 Å². The van der Waals surface area contributed by atoms with E-state index in [1.165, 1.54) is 12.1 Å². The van der Waals surface area contributed by atoms with E-state index in [0.717, 1.165) is 12.0 Å². The van der Waals surface area contributed by atoms with Crippen LogP contribution in [0.1, 0.15) is 35.3 Å². The van der Waals surface area contributed by atoms with Crippen molar-refractivity contribution in [2.75, 3.05) is 0 Å². The van der Waals surface area contributed by atoms with Crippen LogP contribution in [0.2, 0.25) is 5.02 Å². The standard InChI is InChI=1S/C10H12ClNO2/c1-2-9(12)7-4-3-6(10(13)14)5-8(7)11/h3-5,9H,2,12H2,1H3,(H,13,14)/t9-/m1/s1. The SMILES string of the molecule is CC[C@@H](N)c1ccc(C(=O)O)cc1Cl. The Bertz CT molecular complexity index is 352. The lowest BCUT2D eigenvalue weighted by Gasteiger charge is -2.11. The van der Waals surface area contributed by atoms with Gasteiger partial charge in [0.2, 0.25) is 0 Å². The molecule has 1 rings (SSSR count). The van der Waals surface area contributed by atoms with Crippen molar-refractivity contribution in [1.82, 2.24) is 0 Å². The summed E-state index contributed by atoms with van der Waals surface area (Å²) in [6.07, 6.45) is 0.770. The van der Waals surface area contributed by atoms with Crippen LogP contribution >= 0.6 is 11.6 Å². The van der Waals surface area contributed by atoms with Gasteiger partial charge in [-0.2, -0.15) is 0 Å². The van der Waals surface area contributed by atoms with Crippen LogP contribution in [-0.2, 0) is 0 Å². The predicted molar refractivity (Wildman–Crippen MR) is 55.6 cm³/mol. The molecule has 0 saturated heterocycles. The molecule has 0 heterocycles. The molecule has 0 bridgehead atoms. The Morgan fingerprint density at radius 3 is 2.71 bits per heavy atom. The van der Waals surface area contributed by atoms with Crippen molar-refractivity contribution in [3.8, 4) is 0 Å². The number of carboxylic acids is 1. The van der Waals surface area contributed by atoms with E-state index < -0.39 is 5.97 Å². The van der Waals surface area contributed by atoms with E-state index in [4.69, 9.17) is 22.4 Å². The Kier molecular flexibility index (Phi) is 3.49. The second-order valence-corrected chi connectivity index (χ2v) is 3.46. The summed E-state index contributed by atoms with van der Waals surface area (Å²) in [5.41, 5.74) is 6.76. The maximum atomic E-state index is 10.6. The van der Waals surface area contributed by atoms with Crippen LogP contribution in [0.15, 0.2) is 18.2 Å². The molecule has 14 heavy (non-hydrogen) atoms. The Hall–Kier alpha value is -1.06. The van der Waals surface area contributed by atoms with Gasteiger partial charge in [-0.3, -0.25) is 0 Å². The lowest BCUT2D eigenvalue weighted by atomic mass is 10.0. The highest BCUT2D eigenvalue weighted by Crippen LogP contribution is 2.24. The van der Waals surface area contributed by atoms with E-state index in [-0.39, 0.29) is 11.6 Å². The molecule has 0 aliphatic rings. The van der Waals surface area contributed by atoms with Gasteiger partial charge in [0.1, 0.15) is 0 Å². The van der Waals surface area contributed by atoms with Crippen molar-refractivity contribution in [1.29, 1.82) is 0 Å². The normalized spacial score (nSPS) is 12.5. The van der Waals surface area contributed by atoms with Gasteiger partial charge in [0.15, 0.2) is 0 Å². The van der Waals surface area contributed by atoms with Gasteiger partial charge in [-0.25, -0.2) is 4.79 Å². The van der Waals surface area contributed by atoms with E-state index in [0.29, 0.717) is 5.02 Å². The van der Waals surface area contributed by atoms with Crippen LogP contribution in [0.3, 0.4) is 0 Å². The fourth-order valence-corrected chi connectivity index (χ4v) is 1.50. The summed E-state index contributed by atoms with van der Waals surface area (Å²) < 4.78 is 0. The fraction of sp³-hybridized carbons (Fsp3) is 0.300. The third-order valence-electron chi connectivity index (χ3n) is 2.09. The van der Waals surface area contributed by atoms with Gasteiger partial charge in [0.25, 0.3) is 0 Å². The molecule has 0 aliphatic carbocycles. The lowest BCUT2D eigenvalue weighted by Crippen LogP contribution is -2.09. The predicted octanol–water partition coefficient (Wildman–Crippen LogP) is 2.45. The molecule has 0 fully saturated rings. The molecule has 4 heteroatoms. The second kappa shape index (κ2) is 4.44. The Morgan fingerprint density at radius 2 is 2.29 bits per heavy atom. The zero-order valence-electron chi connectivity index (χ0n) is 7.83. The van der Waals surface area contributed by atoms with Gasteiger partial charge in [-0.1, -0.05) is 24.6 Å². The zero-order chi connectivity index (χ0) is 10.7. The topological polar surface area (TPSA) is 63.3 Å². The number of halogens is 1. The first-order chi connectivity index (χ1) is 6.56. The molecule has 0 aromatic heterocycles. The number of hydrogen-bond donors (Lipinski definition) is 2. The molecule has 0 saturated carbocycles. The van der Waals surface area contributed by atoms with E-state index >= 15 is 0 Å². The Morgan fingerprint density at radius 1 is 1.64 bits per heavy atom. The van der Waals surface area contributed by atoms with Crippen molar-refractivity contribution in [2.24, 2.45) is 5.73 Å². The van der Waals surface area contributed by atoms with Crippen LogP contribution in [-0.4, -0.2) is 11.1 Å². The Balaban J connectivity index is 3.07. The highest BCUT2D eigenvalue weighted by Gasteiger charge is 2.10. The van der Waals surface area contributed by atoms with Crippen LogP contribution in [0, 0.1) is 0 Å². The van der Waals surface area contributed by atoms with Crippen molar-refractivity contribution >= 4 is 17.6 Å². The minimum absolute atomic E-state index is 0.134. The molecule has 1 aromatic rings. The van der Waals surface area contributed by atoms with E-state index in [2.05, 4.69) is 0 Å². The average Bonchev–Trinajstić information content (AvgIpc) is 2.16. The summed E-state index contributed by atoms with van der Waals surface area (Å²) >= 11 is 5.90. The van der Waals surface area contributed by atoms with Crippen molar-refractivity contribution in [3.05, 3.63) is 34.3 Å². The molecule has 0 aliphatic heterocycles. The third kappa shape index (κ3) is 2.25. The highest BCUT2D eigenvalue weighted by molar-refractivity contribution is 6.31.